The molecule has 5 N–H and O–H groups in total. The van der Waals surface area contributed by atoms with Crippen LogP contribution in [0.4, 0.5) is 5.82 Å². The number of nitrogen functional groups attached to an aromatic ring is 1. The number of nitrogens with two attached hydrogens (primary N) is 1. The smallest absolute Gasteiger partial charge is 0.459 e. The van der Waals surface area contributed by atoms with Gasteiger partial charge in [0.15, 0.2) is 17.7 Å². The number of carbonyl (C=O) groups excluding carboxylic acids is 1. The van der Waals surface area contributed by atoms with Crippen LogP contribution in [-0.2, 0) is 23.4 Å². The lowest BCUT2D eigenvalue weighted by molar-refractivity contribution is -0.153. The molecule has 14 nitrogen and oxygen atoms in total. The van der Waals surface area contributed by atoms with E-state index < -0.39 is 50.4 Å². The number of anilines is 1. The summed E-state index contributed by atoms with van der Waals surface area (Å²) in [5, 5.41) is 24.7. The first-order chi connectivity index (χ1) is 20.7. The van der Waals surface area contributed by atoms with Crippen molar-refractivity contribution in [2.75, 3.05) is 5.73 Å². The number of para-hydroxylation sites is 1. The molecule has 3 unspecified atom stereocenters. The topological polar surface area (TPSA) is 193 Å². The van der Waals surface area contributed by atoms with Gasteiger partial charge in [-0.05, 0) is 51.2 Å². The van der Waals surface area contributed by atoms with Crippen molar-refractivity contribution in [3.63, 3.8) is 0 Å². The molecular formula is C28H39N6O8P. The molecule has 1 aliphatic carbocycles. The zero-order valence-corrected chi connectivity index (χ0v) is 25.1. The van der Waals surface area contributed by atoms with E-state index in [4.69, 9.17) is 24.3 Å². The van der Waals surface area contributed by atoms with E-state index in [1.165, 1.54) is 24.1 Å². The number of esters is 1. The second-order valence-electron chi connectivity index (χ2n) is 10.9. The first kappa shape index (κ1) is 31.3. The van der Waals surface area contributed by atoms with Crippen LogP contribution in [0.3, 0.4) is 0 Å². The molecule has 1 aliphatic heterocycles. The maximum atomic E-state index is 14.3. The third-order valence-electron chi connectivity index (χ3n) is 7.68. The number of carbonyl (C=O) groups is 1. The second kappa shape index (κ2) is 13.7. The average molecular weight is 619 g/mol. The van der Waals surface area contributed by atoms with E-state index in [-0.39, 0.29) is 17.7 Å². The number of ether oxygens (including phenoxy) is 2. The molecular weight excluding hydrogens is 579 g/mol. The molecule has 1 saturated heterocycles. The third-order valence-corrected chi connectivity index (χ3v) is 9.37. The fourth-order valence-corrected chi connectivity index (χ4v) is 7.21. The van der Waals surface area contributed by atoms with Gasteiger partial charge in [-0.2, -0.15) is 5.09 Å². The predicted molar refractivity (Wildman–Crippen MR) is 156 cm³/mol. The van der Waals surface area contributed by atoms with Crippen molar-refractivity contribution in [2.45, 2.75) is 102 Å². The van der Waals surface area contributed by atoms with Crippen LogP contribution in [-0.4, -0.2) is 72.3 Å². The molecule has 0 spiro atoms. The highest BCUT2D eigenvalue weighted by molar-refractivity contribution is 7.52. The molecule has 1 aromatic carbocycles. The molecule has 43 heavy (non-hydrogen) atoms. The van der Waals surface area contributed by atoms with Crippen molar-refractivity contribution in [1.82, 2.24) is 24.6 Å². The Morgan fingerprint density at radius 2 is 1.91 bits per heavy atom. The molecule has 0 bridgehead atoms. The summed E-state index contributed by atoms with van der Waals surface area (Å²) >= 11 is 0. The van der Waals surface area contributed by atoms with E-state index in [0.29, 0.717) is 24.0 Å². The summed E-state index contributed by atoms with van der Waals surface area (Å²) in [5.41, 5.74) is 6.50. The van der Waals surface area contributed by atoms with Crippen LogP contribution in [0.5, 0.6) is 5.75 Å². The maximum Gasteiger partial charge on any atom is 0.459 e. The number of fused-ring (bicyclic) bond motifs is 1. The monoisotopic (exact) mass is 618 g/mol. The van der Waals surface area contributed by atoms with E-state index in [0.717, 1.165) is 32.1 Å². The number of aliphatic hydroxyl groups is 2. The molecule has 3 aromatic rings. The van der Waals surface area contributed by atoms with Crippen LogP contribution in [0.1, 0.15) is 65.0 Å². The molecule has 0 amide bonds. The molecule has 234 valence electrons. The number of imidazole rings is 1. The molecule has 2 fully saturated rings. The predicted octanol–water partition coefficient (Wildman–Crippen LogP) is 3.25. The van der Waals surface area contributed by atoms with Crippen LogP contribution in [0.25, 0.3) is 11.2 Å². The number of rotatable bonds is 12. The van der Waals surface area contributed by atoms with Gasteiger partial charge in [-0.1, -0.05) is 38.0 Å². The number of hydrogen-bond acceptors (Lipinski definition) is 12. The Balaban J connectivity index is 1.35. The normalized spacial score (nSPS) is 25.7. The highest BCUT2D eigenvalue weighted by Gasteiger charge is 2.49. The average Bonchev–Trinajstić information content (AvgIpc) is 3.55. The highest BCUT2D eigenvalue weighted by atomic mass is 31.2. The number of aliphatic hydroxyl groups excluding tert-OH is 2. The van der Waals surface area contributed by atoms with E-state index >= 15 is 0 Å². The largest absolute Gasteiger partial charge is 0.461 e. The molecule has 1 saturated carbocycles. The minimum absolute atomic E-state index is 0.152. The van der Waals surface area contributed by atoms with Crippen LogP contribution < -0.4 is 15.3 Å². The van der Waals surface area contributed by atoms with Gasteiger partial charge >= 0.3 is 13.7 Å². The van der Waals surface area contributed by atoms with Gasteiger partial charge in [0.25, 0.3) is 0 Å². The third kappa shape index (κ3) is 7.17. The minimum atomic E-state index is -4.29. The number of benzene rings is 1. The fraction of sp³-hybridized carbons (Fsp3) is 0.571. The van der Waals surface area contributed by atoms with Crippen molar-refractivity contribution >= 4 is 30.7 Å². The van der Waals surface area contributed by atoms with Crippen molar-refractivity contribution in [1.29, 1.82) is 0 Å². The number of hydrogen-bond donors (Lipinski definition) is 4. The van der Waals surface area contributed by atoms with Gasteiger partial charge in [-0.25, -0.2) is 19.5 Å². The first-order valence-electron chi connectivity index (χ1n) is 14.6. The minimum Gasteiger partial charge on any atom is -0.461 e. The Hall–Kier alpha value is -3.13. The molecule has 2 aromatic heterocycles. The summed E-state index contributed by atoms with van der Waals surface area (Å²) in [6.45, 7) is 3.44. The lowest BCUT2D eigenvalue weighted by atomic mass is 9.98. The van der Waals surface area contributed by atoms with E-state index in [1.807, 2.05) is 6.92 Å². The second-order valence-corrected chi connectivity index (χ2v) is 12.6. The Morgan fingerprint density at radius 3 is 2.63 bits per heavy atom. The summed E-state index contributed by atoms with van der Waals surface area (Å²) in [4.78, 5) is 25.5. The molecule has 3 heterocycles. The van der Waals surface area contributed by atoms with Crippen molar-refractivity contribution in [3.05, 3.63) is 43.0 Å². The number of nitrogens with one attached hydrogen (secondary N) is 1. The number of nitrogens with zero attached hydrogens (tertiary/aromatic N) is 4. The molecule has 7 atom stereocenters. The lowest BCUT2D eigenvalue weighted by Crippen LogP contribution is -2.42. The Bertz CT molecular complexity index is 1420. The van der Waals surface area contributed by atoms with E-state index in [1.54, 1.807) is 30.3 Å². The van der Waals surface area contributed by atoms with Crippen molar-refractivity contribution < 1.29 is 38.1 Å². The molecule has 0 radical (unpaired) electrons. The van der Waals surface area contributed by atoms with Gasteiger partial charge < -0.3 is 29.9 Å². The summed E-state index contributed by atoms with van der Waals surface area (Å²) in [5.74, 6) is -0.129. The van der Waals surface area contributed by atoms with Crippen LogP contribution in [0, 0.1) is 0 Å². The zero-order valence-electron chi connectivity index (χ0n) is 24.2. The zero-order chi connectivity index (χ0) is 30.6. The van der Waals surface area contributed by atoms with E-state index in [2.05, 4.69) is 20.0 Å². The lowest BCUT2D eigenvalue weighted by Gasteiger charge is -2.30. The van der Waals surface area contributed by atoms with Gasteiger partial charge in [0.05, 0.1) is 12.4 Å². The van der Waals surface area contributed by atoms with E-state index in [9.17, 15) is 19.6 Å². The molecule has 15 heteroatoms. The number of aromatic nitrogens is 4. The van der Waals surface area contributed by atoms with Gasteiger partial charge in [-0.3, -0.25) is 13.9 Å². The summed E-state index contributed by atoms with van der Waals surface area (Å²) in [6, 6.07) is 7.44. The SMILES string of the molecule is CCCC(NP(=O)(Oc1ccccc1)OC(C)[C@H]1O[C@@H](n2cnc3c(N)ncnc32)[C@H](O)[C@@H]1O)C(=O)OC1CCCCC1. The highest BCUT2D eigenvalue weighted by Crippen LogP contribution is 2.48. The Kier molecular flexibility index (Phi) is 9.95. The van der Waals surface area contributed by atoms with Gasteiger partial charge in [0.2, 0.25) is 0 Å². The molecule has 5 rings (SSSR count). The van der Waals surface area contributed by atoms with Gasteiger partial charge in [0.1, 0.15) is 48.1 Å². The maximum absolute atomic E-state index is 14.3. The first-order valence-corrected chi connectivity index (χ1v) is 16.2. The van der Waals surface area contributed by atoms with Gasteiger partial charge in [0, 0.05) is 0 Å². The summed E-state index contributed by atoms with van der Waals surface area (Å²) in [7, 11) is -4.29. The van der Waals surface area contributed by atoms with Crippen LogP contribution >= 0.6 is 7.75 Å². The summed E-state index contributed by atoms with van der Waals surface area (Å²) in [6.07, 6.45) is 1.87. The summed E-state index contributed by atoms with van der Waals surface area (Å²) < 4.78 is 39.4. The molecule has 2 aliphatic rings. The van der Waals surface area contributed by atoms with Gasteiger partial charge in [-0.15, -0.1) is 0 Å². The Labute approximate surface area is 249 Å². The quantitative estimate of drug-likeness (QED) is 0.171. The Morgan fingerprint density at radius 1 is 1.16 bits per heavy atom. The van der Waals surface area contributed by atoms with Crippen LogP contribution in [0.2, 0.25) is 0 Å². The van der Waals surface area contributed by atoms with Crippen molar-refractivity contribution in [3.8, 4) is 5.75 Å². The van der Waals surface area contributed by atoms with Crippen molar-refractivity contribution in [2.24, 2.45) is 0 Å². The fourth-order valence-electron chi connectivity index (χ4n) is 5.48. The van der Waals surface area contributed by atoms with Crippen LogP contribution in [0.15, 0.2) is 43.0 Å². The standard InChI is InChI=1S/C28H39N6O8P/c1-3-10-20(28(37)39-18-11-6-4-7-12-18)33-43(38,42-19-13-8-5-9-14-19)41-17(2)24-22(35)23(36)27(40-24)34-16-32-21-25(29)30-15-31-26(21)34/h5,8-9,13-18,20,22-24,27,35-36H,3-4,6-7,10-12H2,1-2H3,(H,33,38)(H2,29,30,31)/t17?,20?,22-,23+,24+,27+,43?/m0/s1.